The predicted octanol–water partition coefficient (Wildman–Crippen LogP) is 1.90. The molecule has 0 saturated heterocycles. The van der Waals surface area contributed by atoms with E-state index in [-0.39, 0.29) is 0 Å². The number of phenolic OH excluding ortho intramolecular Hbond substituents is 1. The van der Waals surface area contributed by atoms with Gasteiger partial charge in [-0.1, -0.05) is 12.1 Å². The quantitative estimate of drug-likeness (QED) is 0.547. The zero-order chi connectivity index (χ0) is 10.2. The number of hydrogen-bond donors (Lipinski definition) is 2. The van der Waals surface area contributed by atoms with Crippen molar-refractivity contribution in [3.63, 3.8) is 0 Å². The largest absolute Gasteiger partial charge is 0.508 e. The Morgan fingerprint density at radius 2 is 2.00 bits per heavy atom. The van der Waals surface area contributed by atoms with Crippen molar-refractivity contribution in [3.05, 3.63) is 29.8 Å². The molecule has 0 aliphatic heterocycles. The van der Waals surface area contributed by atoms with Gasteiger partial charge in [-0.3, -0.25) is 0 Å². The summed E-state index contributed by atoms with van der Waals surface area (Å²) in [6.07, 6.45) is 6.96. The molecule has 0 aliphatic carbocycles. The molecule has 0 amide bonds. The number of rotatable bonds is 5. The first-order valence-electron chi connectivity index (χ1n) is 4.75. The van der Waals surface area contributed by atoms with E-state index in [0.29, 0.717) is 5.75 Å². The van der Waals surface area contributed by atoms with Crippen LogP contribution in [0.25, 0.3) is 0 Å². The van der Waals surface area contributed by atoms with Crippen LogP contribution in [0.4, 0.5) is 0 Å². The van der Waals surface area contributed by atoms with Crippen LogP contribution < -0.4 is 5.32 Å². The zero-order valence-corrected chi connectivity index (χ0v) is 8.16. The van der Waals surface area contributed by atoms with Gasteiger partial charge in [0.15, 0.2) is 0 Å². The second-order valence-corrected chi connectivity index (χ2v) is 3.15. The van der Waals surface area contributed by atoms with Crippen molar-refractivity contribution in [2.24, 2.45) is 0 Å². The van der Waals surface area contributed by atoms with Gasteiger partial charge in [-0.05, 0) is 30.7 Å². The zero-order valence-electron chi connectivity index (χ0n) is 8.16. The Kier molecular flexibility index (Phi) is 4.60. The van der Waals surface area contributed by atoms with Gasteiger partial charge in [0.05, 0.1) is 0 Å². The van der Waals surface area contributed by atoms with Crippen molar-refractivity contribution >= 4 is 0 Å². The fraction of sp³-hybridized carbons (Fsp3) is 0.333. The molecule has 0 fully saturated rings. The van der Waals surface area contributed by atoms with Gasteiger partial charge in [-0.15, -0.1) is 12.3 Å². The first-order chi connectivity index (χ1) is 6.83. The number of nitrogens with one attached hydrogen (secondary N) is 1. The monoisotopic (exact) mass is 189 g/mol. The van der Waals surface area contributed by atoms with Crippen LogP contribution in [0.2, 0.25) is 0 Å². The molecule has 1 aromatic carbocycles. The lowest BCUT2D eigenvalue weighted by Gasteiger charge is -2.03. The van der Waals surface area contributed by atoms with E-state index < -0.39 is 0 Å². The lowest BCUT2D eigenvalue weighted by molar-refractivity contribution is 0.475. The molecule has 0 radical (unpaired) electrons. The fourth-order valence-corrected chi connectivity index (χ4v) is 1.16. The number of phenols is 1. The molecule has 0 heterocycles. The van der Waals surface area contributed by atoms with Crippen molar-refractivity contribution in [1.82, 2.24) is 5.32 Å². The van der Waals surface area contributed by atoms with Crippen LogP contribution in [-0.4, -0.2) is 11.7 Å². The van der Waals surface area contributed by atoms with Gasteiger partial charge in [0.2, 0.25) is 0 Å². The lowest BCUT2D eigenvalue weighted by Crippen LogP contribution is -2.14. The van der Waals surface area contributed by atoms with Gasteiger partial charge >= 0.3 is 0 Å². The van der Waals surface area contributed by atoms with Crippen LogP contribution >= 0.6 is 0 Å². The minimum Gasteiger partial charge on any atom is -0.508 e. The van der Waals surface area contributed by atoms with E-state index in [1.807, 2.05) is 12.1 Å². The van der Waals surface area contributed by atoms with E-state index in [0.717, 1.165) is 25.9 Å². The first-order valence-corrected chi connectivity index (χ1v) is 4.75. The third-order valence-corrected chi connectivity index (χ3v) is 1.94. The highest BCUT2D eigenvalue weighted by Crippen LogP contribution is 2.08. The second-order valence-electron chi connectivity index (χ2n) is 3.15. The summed E-state index contributed by atoms with van der Waals surface area (Å²) in [5.41, 5.74) is 1.17. The summed E-state index contributed by atoms with van der Waals surface area (Å²) < 4.78 is 0. The molecule has 0 unspecified atom stereocenters. The van der Waals surface area contributed by atoms with Crippen molar-refractivity contribution in [1.29, 1.82) is 0 Å². The molecule has 2 nitrogen and oxygen atoms in total. The molecule has 2 heteroatoms. The topological polar surface area (TPSA) is 32.3 Å². The predicted molar refractivity (Wildman–Crippen MR) is 57.9 cm³/mol. The molecule has 1 rings (SSSR count). The lowest BCUT2D eigenvalue weighted by atomic mass is 10.2. The third-order valence-electron chi connectivity index (χ3n) is 1.94. The van der Waals surface area contributed by atoms with Gasteiger partial charge < -0.3 is 10.4 Å². The Labute approximate surface area is 85.0 Å². The summed E-state index contributed by atoms with van der Waals surface area (Å²) in [4.78, 5) is 0. The fourth-order valence-electron chi connectivity index (χ4n) is 1.16. The highest BCUT2D eigenvalue weighted by Gasteiger charge is 1.92. The normalized spacial score (nSPS) is 9.64. The summed E-state index contributed by atoms with van der Waals surface area (Å²) in [6, 6.07) is 7.20. The average Bonchev–Trinajstić information content (AvgIpc) is 2.21. The summed E-state index contributed by atoms with van der Waals surface area (Å²) in [6.45, 7) is 1.76. The van der Waals surface area contributed by atoms with Crippen molar-refractivity contribution in [2.45, 2.75) is 19.4 Å². The van der Waals surface area contributed by atoms with Gasteiger partial charge in [0, 0.05) is 13.0 Å². The Bertz CT molecular complexity index is 297. The number of unbranched alkanes of at least 4 members (excludes halogenated alkanes) is 1. The van der Waals surface area contributed by atoms with Crippen molar-refractivity contribution in [2.75, 3.05) is 6.54 Å². The summed E-state index contributed by atoms with van der Waals surface area (Å²) in [5, 5.41) is 12.3. The number of benzene rings is 1. The van der Waals surface area contributed by atoms with Crippen LogP contribution in [0, 0.1) is 12.3 Å². The number of hydrogen-bond acceptors (Lipinski definition) is 2. The molecule has 0 aromatic heterocycles. The van der Waals surface area contributed by atoms with Crippen LogP contribution in [0.15, 0.2) is 24.3 Å². The highest BCUT2D eigenvalue weighted by molar-refractivity contribution is 5.25. The molecular weight excluding hydrogens is 174 g/mol. The molecule has 2 N–H and O–H groups in total. The maximum absolute atomic E-state index is 9.06. The molecule has 0 spiro atoms. The van der Waals surface area contributed by atoms with Gasteiger partial charge in [-0.25, -0.2) is 0 Å². The maximum atomic E-state index is 9.06. The minimum absolute atomic E-state index is 0.307. The Hall–Kier alpha value is -1.46. The van der Waals surface area contributed by atoms with E-state index in [4.69, 9.17) is 11.5 Å². The molecule has 74 valence electrons. The Morgan fingerprint density at radius 3 is 2.64 bits per heavy atom. The standard InChI is InChI=1S/C12H15NO/c1-2-3-4-9-13-10-11-5-7-12(14)8-6-11/h1,5-8,13-14H,3-4,9-10H2. The second kappa shape index (κ2) is 6.06. The molecule has 14 heavy (non-hydrogen) atoms. The average molecular weight is 189 g/mol. The molecule has 0 atom stereocenters. The van der Waals surface area contributed by atoms with Crippen LogP contribution in [0.3, 0.4) is 0 Å². The van der Waals surface area contributed by atoms with Crippen LogP contribution in [-0.2, 0) is 6.54 Å². The number of terminal acetylenes is 1. The maximum Gasteiger partial charge on any atom is 0.115 e. The molecule has 1 aromatic rings. The Balaban J connectivity index is 2.19. The summed E-state index contributed by atoms with van der Waals surface area (Å²) in [7, 11) is 0. The third kappa shape index (κ3) is 3.97. The van der Waals surface area contributed by atoms with Gasteiger partial charge in [0.25, 0.3) is 0 Å². The van der Waals surface area contributed by atoms with E-state index in [1.165, 1.54) is 5.56 Å². The van der Waals surface area contributed by atoms with Crippen LogP contribution in [0.1, 0.15) is 18.4 Å². The molecule has 0 bridgehead atoms. The van der Waals surface area contributed by atoms with E-state index >= 15 is 0 Å². The van der Waals surface area contributed by atoms with E-state index in [9.17, 15) is 0 Å². The van der Waals surface area contributed by atoms with Gasteiger partial charge in [0.1, 0.15) is 5.75 Å². The SMILES string of the molecule is C#CCCCNCc1ccc(O)cc1. The van der Waals surface area contributed by atoms with Gasteiger partial charge in [-0.2, -0.15) is 0 Å². The van der Waals surface area contributed by atoms with Crippen LogP contribution in [0.5, 0.6) is 5.75 Å². The van der Waals surface area contributed by atoms with Crippen molar-refractivity contribution in [3.8, 4) is 18.1 Å². The van der Waals surface area contributed by atoms with E-state index in [1.54, 1.807) is 12.1 Å². The Morgan fingerprint density at radius 1 is 1.29 bits per heavy atom. The highest BCUT2D eigenvalue weighted by atomic mass is 16.3. The minimum atomic E-state index is 0.307. The van der Waals surface area contributed by atoms with E-state index in [2.05, 4.69) is 11.2 Å². The molecule has 0 aliphatic rings. The molecular formula is C12H15NO. The van der Waals surface area contributed by atoms with Crippen molar-refractivity contribution < 1.29 is 5.11 Å². The number of aromatic hydroxyl groups is 1. The summed E-state index contributed by atoms with van der Waals surface area (Å²) >= 11 is 0. The molecule has 0 saturated carbocycles. The summed E-state index contributed by atoms with van der Waals surface area (Å²) in [5.74, 6) is 2.91. The smallest absolute Gasteiger partial charge is 0.115 e. The first kappa shape index (κ1) is 10.6.